The van der Waals surface area contributed by atoms with Crippen molar-refractivity contribution in [3.05, 3.63) is 27.7 Å². The Balaban J connectivity index is 2.30. The fraction of sp³-hybridized carbons (Fsp3) is 0.562. The first kappa shape index (κ1) is 15.5. The van der Waals surface area contributed by atoms with E-state index in [1.807, 2.05) is 4.90 Å². The van der Waals surface area contributed by atoms with Crippen LogP contribution in [0, 0.1) is 13.8 Å². The lowest BCUT2D eigenvalue weighted by Gasteiger charge is -2.35. The van der Waals surface area contributed by atoms with Gasteiger partial charge in [0.2, 0.25) is 5.91 Å². The molecule has 1 aromatic rings. The Morgan fingerprint density at radius 1 is 1.30 bits per heavy atom. The molecule has 1 saturated heterocycles. The number of carbonyl (C=O) groups is 1. The van der Waals surface area contributed by atoms with Gasteiger partial charge in [0.1, 0.15) is 0 Å². The molecule has 1 aromatic carbocycles. The van der Waals surface area contributed by atoms with Gasteiger partial charge in [0.05, 0.1) is 6.04 Å². The third-order valence-electron chi connectivity index (χ3n) is 3.70. The van der Waals surface area contributed by atoms with E-state index in [4.69, 9.17) is 0 Å². The fourth-order valence-corrected chi connectivity index (χ4v) is 3.67. The Morgan fingerprint density at radius 3 is 2.45 bits per heavy atom. The molecule has 4 heteroatoms. The number of halogens is 1. The number of aryl methyl sites for hydroxylation is 2. The average molecular weight is 339 g/mol. The zero-order valence-electron chi connectivity index (χ0n) is 12.7. The number of rotatable bonds is 3. The largest absolute Gasteiger partial charge is 0.311 e. The zero-order chi connectivity index (χ0) is 14.9. The molecular formula is C16H23BrN2O. The minimum atomic E-state index is -0.0498. The van der Waals surface area contributed by atoms with Crippen LogP contribution in [-0.4, -0.2) is 24.5 Å². The Labute approximate surface area is 129 Å². The van der Waals surface area contributed by atoms with Gasteiger partial charge in [0.25, 0.3) is 0 Å². The van der Waals surface area contributed by atoms with Crippen molar-refractivity contribution < 1.29 is 4.79 Å². The van der Waals surface area contributed by atoms with Crippen LogP contribution in [0.15, 0.2) is 16.6 Å². The van der Waals surface area contributed by atoms with Crippen molar-refractivity contribution in [1.29, 1.82) is 0 Å². The number of carbonyl (C=O) groups excluding carboxylic acids is 1. The molecule has 1 N–H and O–H groups in total. The highest BCUT2D eigenvalue weighted by atomic mass is 79.9. The van der Waals surface area contributed by atoms with Gasteiger partial charge in [0, 0.05) is 22.7 Å². The van der Waals surface area contributed by atoms with Crippen LogP contribution >= 0.6 is 15.9 Å². The number of benzene rings is 1. The first-order valence-electron chi connectivity index (χ1n) is 7.24. The van der Waals surface area contributed by atoms with Gasteiger partial charge in [-0.1, -0.05) is 29.8 Å². The van der Waals surface area contributed by atoms with E-state index in [1.54, 1.807) is 0 Å². The molecule has 3 nitrogen and oxygen atoms in total. The molecule has 110 valence electrons. The molecule has 1 atom stereocenters. The van der Waals surface area contributed by atoms with Gasteiger partial charge in [-0.25, -0.2) is 0 Å². The minimum Gasteiger partial charge on any atom is -0.311 e. The fourth-order valence-electron chi connectivity index (χ4n) is 2.98. The van der Waals surface area contributed by atoms with Crippen molar-refractivity contribution in [2.75, 3.05) is 11.4 Å². The highest BCUT2D eigenvalue weighted by Crippen LogP contribution is 2.31. The van der Waals surface area contributed by atoms with E-state index in [0.29, 0.717) is 6.04 Å². The highest BCUT2D eigenvalue weighted by molar-refractivity contribution is 9.10. The normalized spacial score (nSPS) is 19.8. The average Bonchev–Trinajstić information content (AvgIpc) is 2.32. The molecule has 2 rings (SSSR count). The lowest BCUT2D eigenvalue weighted by Crippen LogP contribution is -2.52. The van der Waals surface area contributed by atoms with Gasteiger partial charge in [0.15, 0.2) is 0 Å². The number of anilines is 1. The van der Waals surface area contributed by atoms with E-state index in [9.17, 15) is 4.79 Å². The van der Waals surface area contributed by atoms with Crippen molar-refractivity contribution in [2.24, 2.45) is 0 Å². The molecule has 0 spiro atoms. The molecule has 0 aliphatic carbocycles. The quantitative estimate of drug-likeness (QED) is 0.913. The van der Waals surface area contributed by atoms with E-state index < -0.39 is 0 Å². The number of hydrogen-bond donors (Lipinski definition) is 1. The topological polar surface area (TPSA) is 32.3 Å². The third kappa shape index (κ3) is 3.23. The molecule has 0 saturated carbocycles. The van der Waals surface area contributed by atoms with E-state index in [1.165, 1.54) is 0 Å². The summed E-state index contributed by atoms with van der Waals surface area (Å²) in [6.45, 7) is 9.13. The first-order valence-corrected chi connectivity index (χ1v) is 8.03. The van der Waals surface area contributed by atoms with Crippen LogP contribution in [0.25, 0.3) is 0 Å². The standard InChI is InChI=1S/C16H23BrN2O/c1-10(2)18-14-6-5-7-19(16(14)20)15-11(3)8-13(17)9-12(15)4/h8-10,14,18H,5-7H2,1-4H3. The Hall–Kier alpha value is -0.870. The summed E-state index contributed by atoms with van der Waals surface area (Å²) in [6.07, 6.45) is 1.98. The van der Waals surface area contributed by atoms with Crippen LogP contribution in [0.3, 0.4) is 0 Å². The summed E-state index contributed by atoms with van der Waals surface area (Å²) >= 11 is 3.52. The summed E-state index contributed by atoms with van der Waals surface area (Å²) in [5.74, 6) is 0.207. The first-order chi connectivity index (χ1) is 9.40. The monoisotopic (exact) mass is 338 g/mol. The van der Waals surface area contributed by atoms with E-state index in [0.717, 1.165) is 40.7 Å². The summed E-state index contributed by atoms with van der Waals surface area (Å²) in [5.41, 5.74) is 3.37. The number of nitrogens with zero attached hydrogens (tertiary/aromatic N) is 1. The van der Waals surface area contributed by atoms with E-state index in [2.05, 4.69) is 61.1 Å². The number of nitrogens with one attached hydrogen (secondary N) is 1. The molecule has 1 fully saturated rings. The molecule has 1 heterocycles. The number of amides is 1. The van der Waals surface area contributed by atoms with Crippen LogP contribution in [0.1, 0.15) is 37.8 Å². The maximum Gasteiger partial charge on any atom is 0.244 e. The molecule has 0 bridgehead atoms. The van der Waals surface area contributed by atoms with Gasteiger partial charge in [-0.05, 0) is 49.9 Å². The van der Waals surface area contributed by atoms with Gasteiger partial charge in [-0.2, -0.15) is 0 Å². The van der Waals surface area contributed by atoms with Crippen molar-refractivity contribution in [3.8, 4) is 0 Å². The van der Waals surface area contributed by atoms with Gasteiger partial charge < -0.3 is 10.2 Å². The lowest BCUT2D eigenvalue weighted by molar-refractivity contribution is -0.122. The molecule has 1 aliphatic heterocycles. The second kappa shape index (κ2) is 6.27. The predicted octanol–water partition coefficient (Wildman–Crippen LogP) is 3.56. The van der Waals surface area contributed by atoms with Gasteiger partial charge in [-0.3, -0.25) is 4.79 Å². The SMILES string of the molecule is Cc1cc(Br)cc(C)c1N1CCCC(NC(C)C)C1=O. The van der Waals surface area contributed by atoms with Crippen LogP contribution < -0.4 is 10.2 Å². The van der Waals surface area contributed by atoms with Crippen molar-refractivity contribution in [2.45, 2.75) is 52.6 Å². The zero-order valence-corrected chi connectivity index (χ0v) is 14.3. The predicted molar refractivity (Wildman–Crippen MR) is 87.3 cm³/mol. The summed E-state index contributed by atoms with van der Waals surface area (Å²) in [5, 5.41) is 3.38. The van der Waals surface area contributed by atoms with Crippen LogP contribution in [0.2, 0.25) is 0 Å². The molecule has 0 radical (unpaired) electrons. The summed E-state index contributed by atoms with van der Waals surface area (Å²) in [4.78, 5) is 14.7. The number of piperidine rings is 1. The smallest absolute Gasteiger partial charge is 0.244 e. The summed E-state index contributed by atoms with van der Waals surface area (Å²) in [7, 11) is 0. The molecule has 1 unspecified atom stereocenters. The van der Waals surface area contributed by atoms with Crippen LogP contribution in [-0.2, 0) is 4.79 Å². The van der Waals surface area contributed by atoms with Crippen molar-refractivity contribution in [1.82, 2.24) is 5.32 Å². The van der Waals surface area contributed by atoms with Crippen LogP contribution in [0.5, 0.6) is 0 Å². The van der Waals surface area contributed by atoms with Gasteiger partial charge in [-0.15, -0.1) is 0 Å². The van der Waals surface area contributed by atoms with E-state index >= 15 is 0 Å². The maximum absolute atomic E-state index is 12.7. The third-order valence-corrected chi connectivity index (χ3v) is 4.16. The van der Waals surface area contributed by atoms with Crippen molar-refractivity contribution in [3.63, 3.8) is 0 Å². The lowest BCUT2D eigenvalue weighted by atomic mass is 10.00. The second-order valence-electron chi connectivity index (χ2n) is 5.89. The highest BCUT2D eigenvalue weighted by Gasteiger charge is 2.31. The maximum atomic E-state index is 12.7. The molecule has 1 amide bonds. The summed E-state index contributed by atoms with van der Waals surface area (Å²) < 4.78 is 1.07. The van der Waals surface area contributed by atoms with E-state index in [-0.39, 0.29) is 11.9 Å². The Morgan fingerprint density at radius 2 is 1.90 bits per heavy atom. The Bertz CT molecular complexity index is 490. The van der Waals surface area contributed by atoms with Crippen LogP contribution in [0.4, 0.5) is 5.69 Å². The summed E-state index contributed by atoms with van der Waals surface area (Å²) in [6, 6.07) is 4.44. The van der Waals surface area contributed by atoms with Gasteiger partial charge >= 0.3 is 0 Å². The molecular weight excluding hydrogens is 316 g/mol. The number of hydrogen-bond acceptors (Lipinski definition) is 2. The molecule has 1 aliphatic rings. The minimum absolute atomic E-state index is 0.0498. The Kier molecular flexibility index (Phi) is 4.86. The second-order valence-corrected chi connectivity index (χ2v) is 6.81. The molecule has 20 heavy (non-hydrogen) atoms. The molecule has 0 aromatic heterocycles. The van der Waals surface area contributed by atoms with Crippen molar-refractivity contribution >= 4 is 27.5 Å².